The number of aromatic nitrogens is 2. The van der Waals surface area contributed by atoms with E-state index in [1.807, 2.05) is 24.3 Å². The Balaban J connectivity index is 1.06. The number of aryl methyl sites for hydroxylation is 1. The molecule has 14 nitrogen and oxygen atoms in total. The normalized spacial score (nSPS) is 21.1. The summed E-state index contributed by atoms with van der Waals surface area (Å²) in [5.41, 5.74) is 5.81. The van der Waals surface area contributed by atoms with Crippen molar-refractivity contribution in [2.45, 2.75) is 102 Å². The van der Waals surface area contributed by atoms with Crippen LogP contribution >= 0.6 is 0 Å². The molecule has 1 unspecified atom stereocenters. The van der Waals surface area contributed by atoms with Crippen LogP contribution in [0.2, 0.25) is 0 Å². The summed E-state index contributed by atoms with van der Waals surface area (Å²) in [6.45, 7) is 2.62. The van der Waals surface area contributed by atoms with E-state index in [1.165, 1.54) is 0 Å². The van der Waals surface area contributed by atoms with Crippen LogP contribution in [0.15, 0.2) is 65.9 Å². The van der Waals surface area contributed by atoms with Crippen molar-refractivity contribution in [2.75, 3.05) is 18.5 Å². The number of urea groups is 1. The first-order chi connectivity index (χ1) is 27.9. The molecule has 0 bridgehead atoms. The van der Waals surface area contributed by atoms with Gasteiger partial charge in [0.1, 0.15) is 12.3 Å². The number of hydrogen-bond acceptors (Lipinski definition) is 8. The standard InChI is InChI=1S/C44H55N7O7/c1-43(19-7-8-20-43)24-35(46-42(57)58-27-34-32-12-5-3-10-30(32)31-11-4-6-13-33(31)34)36(52)25-44(21-9-22-44)38(39(53)47-37-18-23-51(2)50-37)48-49-41(56)45-26-28-14-16-29(17-15-28)40(54)55/h3-6,10-13,18,23,28-29,34-35H,7-9,14-17,19-22,24-27H2,1-2H3,(H,46,57)(H,54,55)(H2,45,49,56)(H,47,50,53). The third kappa shape index (κ3) is 9.26. The molecule has 4 aliphatic rings. The number of hydrazone groups is 1. The molecule has 7 rings (SSSR count). The minimum Gasteiger partial charge on any atom is -0.481 e. The molecule has 308 valence electrons. The molecule has 4 aliphatic carbocycles. The van der Waals surface area contributed by atoms with Crippen LogP contribution < -0.4 is 21.4 Å². The molecule has 5 N–H and O–H groups in total. The maximum Gasteiger partial charge on any atom is 0.407 e. The number of ether oxygens (including phenoxy) is 1. The van der Waals surface area contributed by atoms with E-state index >= 15 is 0 Å². The number of carboxylic acid groups (broad SMARTS) is 1. The number of carbonyl (C=O) groups excluding carboxylic acids is 4. The van der Waals surface area contributed by atoms with E-state index in [2.05, 4.69) is 62.8 Å². The van der Waals surface area contributed by atoms with Crippen molar-refractivity contribution in [3.63, 3.8) is 0 Å². The molecule has 4 amide bonds. The maximum atomic E-state index is 14.6. The molecule has 0 spiro atoms. The maximum absolute atomic E-state index is 14.6. The van der Waals surface area contributed by atoms with Crippen LogP contribution in [-0.2, 0) is 26.2 Å². The highest BCUT2D eigenvalue weighted by Gasteiger charge is 2.48. The minimum absolute atomic E-state index is 0.0156. The second-order valence-corrected chi connectivity index (χ2v) is 17.2. The summed E-state index contributed by atoms with van der Waals surface area (Å²) in [6, 6.07) is 16.4. The molecule has 2 aromatic carbocycles. The van der Waals surface area contributed by atoms with Crippen molar-refractivity contribution in [1.82, 2.24) is 25.8 Å². The molecule has 3 fully saturated rings. The second kappa shape index (κ2) is 17.5. The fourth-order valence-electron chi connectivity index (χ4n) is 9.57. The molecule has 1 heterocycles. The molecule has 1 aromatic heterocycles. The van der Waals surface area contributed by atoms with Gasteiger partial charge in [-0.15, -0.1) is 0 Å². The van der Waals surface area contributed by atoms with Gasteiger partial charge in [0.15, 0.2) is 11.6 Å². The summed E-state index contributed by atoms with van der Waals surface area (Å²) in [4.78, 5) is 66.6. The largest absolute Gasteiger partial charge is 0.481 e. The summed E-state index contributed by atoms with van der Waals surface area (Å²) in [7, 11) is 1.73. The number of hydrogen-bond donors (Lipinski definition) is 5. The first-order valence-corrected chi connectivity index (χ1v) is 20.7. The van der Waals surface area contributed by atoms with E-state index in [9.17, 15) is 29.1 Å². The molecule has 58 heavy (non-hydrogen) atoms. The van der Waals surface area contributed by atoms with Gasteiger partial charge in [0.25, 0.3) is 5.91 Å². The second-order valence-electron chi connectivity index (χ2n) is 17.2. The lowest BCUT2D eigenvalue weighted by molar-refractivity contribution is -0.143. The number of alkyl carbamates (subject to hydrolysis) is 1. The van der Waals surface area contributed by atoms with Crippen molar-refractivity contribution in [3.05, 3.63) is 71.9 Å². The van der Waals surface area contributed by atoms with Gasteiger partial charge in [0, 0.05) is 43.6 Å². The first kappa shape index (κ1) is 40.7. The quantitative estimate of drug-likeness (QED) is 0.0809. The average molecular weight is 794 g/mol. The van der Waals surface area contributed by atoms with E-state index in [0.29, 0.717) is 57.3 Å². The third-order valence-corrected chi connectivity index (χ3v) is 13.0. The predicted octanol–water partition coefficient (Wildman–Crippen LogP) is 6.91. The van der Waals surface area contributed by atoms with E-state index in [-0.39, 0.29) is 47.7 Å². The number of aliphatic carboxylic acids is 1. The zero-order chi connectivity index (χ0) is 40.9. The first-order valence-electron chi connectivity index (χ1n) is 20.7. The van der Waals surface area contributed by atoms with Crippen molar-refractivity contribution in [2.24, 2.45) is 34.8 Å². The molecule has 1 atom stereocenters. The Morgan fingerprint density at radius 3 is 2.16 bits per heavy atom. The zero-order valence-electron chi connectivity index (χ0n) is 33.4. The van der Waals surface area contributed by atoms with Gasteiger partial charge < -0.3 is 25.8 Å². The van der Waals surface area contributed by atoms with Crippen molar-refractivity contribution >= 4 is 41.3 Å². The Bertz CT molecular complexity index is 2000. The lowest BCUT2D eigenvalue weighted by atomic mass is 9.61. The fraction of sp³-hybridized carbons (Fsp3) is 0.523. The Labute approximate surface area is 338 Å². The summed E-state index contributed by atoms with van der Waals surface area (Å²) in [6.07, 6.45) is 9.58. The Morgan fingerprint density at radius 2 is 1.57 bits per heavy atom. The predicted molar refractivity (Wildman–Crippen MR) is 218 cm³/mol. The van der Waals surface area contributed by atoms with E-state index in [4.69, 9.17) is 4.74 Å². The fourth-order valence-corrected chi connectivity index (χ4v) is 9.57. The number of Topliss-reactive ketones (excluding diaryl/α,β-unsaturated/α-hetero) is 1. The number of nitrogens with zero attached hydrogens (tertiary/aromatic N) is 3. The van der Waals surface area contributed by atoms with Crippen LogP contribution in [-0.4, -0.2) is 69.6 Å². The van der Waals surface area contributed by atoms with Crippen LogP contribution in [0, 0.1) is 22.7 Å². The van der Waals surface area contributed by atoms with Crippen LogP contribution in [0.3, 0.4) is 0 Å². The summed E-state index contributed by atoms with van der Waals surface area (Å²) in [5, 5.41) is 26.6. The van der Waals surface area contributed by atoms with E-state index in [0.717, 1.165) is 54.4 Å². The van der Waals surface area contributed by atoms with Crippen LogP contribution in [0.1, 0.15) is 107 Å². The number of anilines is 1. The summed E-state index contributed by atoms with van der Waals surface area (Å²) < 4.78 is 7.46. The third-order valence-electron chi connectivity index (χ3n) is 13.0. The van der Waals surface area contributed by atoms with Crippen LogP contribution in [0.25, 0.3) is 11.1 Å². The molecule has 0 aliphatic heterocycles. The van der Waals surface area contributed by atoms with Crippen molar-refractivity contribution in [1.29, 1.82) is 0 Å². The van der Waals surface area contributed by atoms with Gasteiger partial charge >= 0.3 is 18.1 Å². The van der Waals surface area contributed by atoms with Gasteiger partial charge in [-0.1, -0.05) is 74.7 Å². The number of carbonyl (C=O) groups is 5. The zero-order valence-corrected chi connectivity index (χ0v) is 33.4. The van der Waals surface area contributed by atoms with Gasteiger partial charge in [-0.05, 0) is 91.4 Å². The number of benzene rings is 2. The lowest BCUT2D eigenvalue weighted by Crippen LogP contribution is -2.51. The van der Waals surface area contributed by atoms with Crippen molar-refractivity contribution in [3.8, 4) is 11.1 Å². The Hall–Kier alpha value is -5.53. The Morgan fingerprint density at radius 1 is 0.914 bits per heavy atom. The molecule has 14 heteroatoms. The van der Waals surface area contributed by atoms with E-state index in [1.54, 1.807) is 24.0 Å². The number of ketones is 1. The van der Waals surface area contributed by atoms with Gasteiger partial charge in [-0.25, -0.2) is 15.0 Å². The molecule has 0 radical (unpaired) electrons. The molecule has 3 aromatic rings. The lowest BCUT2D eigenvalue weighted by Gasteiger charge is -2.42. The SMILES string of the molecule is Cn1ccc(NC(=O)C(=NNC(=O)NCC2CCC(C(=O)O)CC2)C2(CC(=O)C(CC3(C)CCCC3)NC(=O)OCC3c4ccccc4-c4ccccc43)CCC2)n1. The monoisotopic (exact) mass is 793 g/mol. The highest BCUT2D eigenvalue weighted by atomic mass is 16.5. The van der Waals surface area contributed by atoms with Gasteiger partial charge in [0.05, 0.1) is 12.0 Å². The highest BCUT2D eigenvalue weighted by Crippen LogP contribution is 2.48. The Kier molecular flexibility index (Phi) is 12.3. The van der Waals surface area contributed by atoms with Crippen LogP contribution in [0.5, 0.6) is 0 Å². The highest BCUT2D eigenvalue weighted by molar-refractivity contribution is 6.45. The number of amides is 4. The number of fused-ring (bicyclic) bond motifs is 3. The molecule has 3 saturated carbocycles. The van der Waals surface area contributed by atoms with Gasteiger partial charge in [0.2, 0.25) is 0 Å². The summed E-state index contributed by atoms with van der Waals surface area (Å²) >= 11 is 0. The number of carboxylic acids is 1. The number of nitrogens with one attached hydrogen (secondary N) is 4. The van der Waals surface area contributed by atoms with Crippen LogP contribution in [0.4, 0.5) is 15.4 Å². The number of rotatable bonds is 15. The topological polar surface area (TPSA) is 193 Å². The van der Waals surface area contributed by atoms with Gasteiger partial charge in [-0.2, -0.15) is 10.2 Å². The minimum atomic E-state index is -0.990. The molecule has 0 saturated heterocycles. The molecular weight excluding hydrogens is 739 g/mol. The smallest absolute Gasteiger partial charge is 0.407 e. The summed E-state index contributed by atoms with van der Waals surface area (Å²) in [5.74, 6) is -1.65. The molecular formula is C44H55N7O7. The van der Waals surface area contributed by atoms with E-state index < -0.39 is 35.5 Å². The van der Waals surface area contributed by atoms with Crippen molar-refractivity contribution < 1.29 is 33.8 Å². The van der Waals surface area contributed by atoms with Gasteiger partial charge in [-0.3, -0.25) is 19.1 Å². The average Bonchev–Trinajstić information content (AvgIpc) is 3.91.